The molecule has 0 aliphatic carbocycles. The number of benzene rings is 1. The predicted octanol–water partition coefficient (Wildman–Crippen LogP) is 1.69. The highest BCUT2D eigenvalue weighted by atomic mass is 79.9. The van der Waals surface area contributed by atoms with E-state index in [9.17, 15) is 15.0 Å². The molecular formula is C12H16BrNO4. The summed E-state index contributed by atoms with van der Waals surface area (Å²) >= 11 is 3.21. The maximum Gasteiger partial charge on any atom is 0.337 e. The minimum atomic E-state index is -1.07. The maximum absolute atomic E-state index is 11.1. The minimum absolute atomic E-state index is 0.0871. The van der Waals surface area contributed by atoms with Crippen molar-refractivity contribution in [2.24, 2.45) is 0 Å². The zero-order valence-corrected chi connectivity index (χ0v) is 11.6. The van der Waals surface area contributed by atoms with Gasteiger partial charge in [-0.15, -0.1) is 0 Å². The van der Waals surface area contributed by atoms with Crippen molar-refractivity contribution in [2.75, 3.05) is 18.5 Å². The highest BCUT2D eigenvalue weighted by Crippen LogP contribution is 2.25. The van der Waals surface area contributed by atoms with Gasteiger partial charge in [0.15, 0.2) is 0 Å². The molecule has 0 amide bonds. The van der Waals surface area contributed by atoms with Gasteiger partial charge in [0, 0.05) is 10.2 Å². The predicted molar refractivity (Wildman–Crippen MR) is 71.9 cm³/mol. The Morgan fingerprint density at radius 1 is 1.39 bits per heavy atom. The molecule has 0 saturated carbocycles. The normalized spacial score (nSPS) is 11.3. The van der Waals surface area contributed by atoms with Crippen molar-refractivity contribution >= 4 is 27.6 Å². The van der Waals surface area contributed by atoms with Crippen LogP contribution >= 0.6 is 15.9 Å². The standard InChI is InChI=1S/C12H16BrNO4/c1-2-12(6-15,7-16)14-10-4-3-8(13)5-9(10)11(17)18/h3-5,14-16H,2,6-7H2,1H3,(H,17,18). The number of anilines is 1. The minimum Gasteiger partial charge on any atom is -0.478 e. The smallest absolute Gasteiger partial charge is 0.337 e. The Morgan fingerprint density at radius 3 is 2.44 bits per heavy atom. The van der Waals surface area contributed by atoms with Gasteiger partial charge in [0.05, 0.1) is 24.3 Å². The van der Waals surface area contributed by atoms with Gasteiger partial charge in [-0.05, 0) is 24.6 Å². The van der Waals surface area contributed by atoms with E-state index in [0.717, 1.165) is 0 Å². The fraction of sp³-hybridized carbons (Fsp3) is 0.417. The van der Waals surface area contributed by atoms with E-state index in [0.29, 0.717) is 16.6 Å². The van der Waals surface area contributed by atoms with Gasteiger partial charge < -0.3 is 20.6 Å². The first-order valence-corrected chi connectivity index (χ1v) is 6.30. The molecule has 0 aliphatic heterocycles. The molecule has 0 unspecified atom stereocenters. The molecule has 0 atom stereocenters. The maximum atomic E-state index is 11.1. The lowest BCUT2D eigenvalue weighted by Crippen LogP contribution is -2.45. The first-order chi connectivity index (χ1) is 8.48. The van der Waals surface area contributed by atoms with Crippen molar-refractivity contribution in [1.29, 1.82) is 0 Å². The van der Waals surface area contributed by atoms with E-state index in [-0.39, 0.29) is 18.8 Å². The van der Waals surface area contributed by atoms with Gasteiger partial charge in [-0.25, -0.2) is 4.79 Å². The molecule has 0 radical (unpaired) electrons. The summed E-state index contributed by atoms with van der Waals surface area (Å²) in [5.41, 5.74) is -0.461. The number of aliphatic hydroxyl groups is 2. The third kappa shape index (κ3) is 3.22. The third-order valence-corrected chi connectivity index (χ3v) is 3.39. The van der Waals surface area contributed by atoms with E-state index >= 15 is 0 Å². The molecule has 6 heteroatoms. The molecule has 0 aliphatic rings. The summed E-state index contributed by atoms with van der Waals surface area (Å²) in [4.78, 5) is 11.1. The first-order valence-electron chi connectivity index (χ1n) is 5.50. The molecule has 0 saturated heterocycles. The van der Waals surface area contributed by atoms with E-state index < -0.39 is 11.5 Å². The lowest BCUT2D eigenvalue weighted by Gasteiger charge is -2.31. The average Bonchev–Trinajstić information content (AvgIpc) is 2.37. The summed E-state index contributed by atoms with van der Waals surface area (Å²) in [5, 5.41) is 30.7. The Labute approximate surface area is 114 Å². The molecule has 0 bridgehead atoms. The second-order valence-corrected chi connectivity index (χ2v) is 4.99. The van der Waals surface area contributed by atoms with E-state index in [1.165, 1.54) is 6.07 Å². The Kier molecular flexibility index (Phi) is 5.13. The van der Waals surface area contributed by atoms with Crippen LogP contribution in [0.2, 0.25) is 0 Å². The largest absolute Gasteiger partial charge is 0.478 e. The Morgan fingerprint density at radius 2 is 2.00 bits per heavy atom. The van der Waals surface area contributed by atoms with Crippen LogP contribution in [0.25, 0.3) is 0 Å². The summed E-state index contributed by atoms with van der Waals surface area (Å²) in [6.45, 7) is 1.24. The Hall–Kier alpha value is -1.11. The van der Waals surface area contributed by atoms with Crippen LogP contribution in [0.3, 0.4) is 0 Å². The quantitative estimate of drug-likeness (QED) is 0.641. The molecular weight excluding hydrogens is 302 g/mol. The van der Waals surface area contributed by atoms with E-state index in [1.54, 1.807) is 19.1 Å². The number of nitrogens with one attached hydrogen (secondary N) is 1. The monoisotopic (exact) mass is 317 g/mol. The van der Waals surface area contributed by atoms with Crippen LogP contribution in [0.15, 0.2) is 22.7 Å². The second kappa shape index (κ2) is 6.17. The highest BCUT2D eigenvalue weighted by Gasteiger charge is 2.27. The van der Waals surface area contributed by atoms with Crippen LogP contribution in [0.1, 0.15) is 23.7 Å². The fourth-order valence-electron chi connectivity index (χ4n) is 1.53. The molecule has 0 aromatic heterocycles. The molecule has 100 valence electrons. The molecule has 5 nitrogen and oxygen atoms in total. The number of hydrogen-bond acceptors (Lipinski definition) is 4. The van der Waals surface area contributed by atoms with Crippen molar-refractivity contribution in [1.82, 2.24) is 0 Å². The van der Waals surface area contributed by atoms with E-state index in [4.69, 9.17) is 5.11 Å². The van der Waals surface area contributed by atoms with Gasteiger partial charge in [0.2, 0.25) is 0 Å². The van der Waals surface area contributed by atoms with Crippen LogP contribution < -0.4 is 5.32 Å². The highest BCUT2D eigenvalue weighted by molar-refractivity contribution is 9.10. The number of carbonyl (C=O) groups is 1. The van der Waals surface area contributed by atoms with E-state index in [2.05, 4.69) is 21.2 Å². The number of rotatable bonds is 6. The average molecular weight is 318 g/mol. The van der Waals surface area contributed by atoms with Crippen molar-refractivity contribution < 1.29 is 20.1 Å². The number of carboxylic acid groups (broad SMARTS) is 1. The second-order valence-electron chi connectivity index (χ2n) is 4.07. The van der Waals surface area contributed by atoms with Crippen LogP contribution in [0.4, 0.5) is 5.69 Å². The number of aromatic carboxylic acids is 1. The lowest BCUT2D eigenvalue weighted by molar-refractivity contribution is 0.0697. The molecule has 18 heavy (non-hydrogen) atoms. The number of aliphatic hydroxyl groups excluding tert-OH is 2. The summed E-state index contributed by atoms with van der Waals surface area (Å²) in [6, 6.07) is 4.77. The van der Waals surface area contributed by atoms with E-state index in [1.807, 2.05) is 0 Å². The lowest BCUT2D eigenvalue weighted by atomic mass is 9.97. The van der Waals surface area contributed by atoms with Crippen LogP contribution in [0.5, 0.6) is 0 Å². The van der Waals surface area contributed by atoms with Crippen molar-refractivity contribution in [2.45, 2.75) is 18.9 Å². The molecule has 1 aromatic carbocycles. The molecule has 0 heterocycles. The molecule has 4 N–H and O–H groups in total. The number of carboxylic acids is 1. The van der Waals surface area contributed by atoms with Gasteiger partial charge in [-0.1, -0.05) is 22.9 Å². The third-order valence-electron chi connectivity index (χ3n) is 2.89. The fourth-order valence-corrected chi connectivity index (χ4v) is 1.89. The van der Waals surface area contributed by atoms with Crippen LogP contribution in [-0.2, 0) is 0 Å². The van der Waals surface area contributed by atoms with Crippen LogP contribution in [0, 0.1) is 0 Å². The first kappa shape index (κ1) is 14.9. The molecule has 1 rings (SSSR count). The summed E-state index contributed by atoms with van der Waals surface area (Å²) in [6.07, 6.45) is 0.467. The molecule has 0 fully saturated rings. The zero-order chi connectivity index (χ0) is 13.8. The van der Waals surface area contributed by atoms with Gasteiger partial charge in [0.1, 0.15) is 0 Å². The van der Waals surface area contributed by atoms with Crippen LogP contribution in [-0.4, -0.2) is 40.0 Å². The summed E-state index contributed by atoms with van der Waals surface area (Å²) < 4.78 is 0.653. The number of hydrogen-bond donors (Lipinski definition) is 4. The summed E-state index contributed by atoms with van der Waals surface area (Å²) in [7, 11) is 0. The molecule has 0 spiro atoms. The zero-order valence-electron chi connectivity index (χ0n) is 9.98. The van der Waals surface area contributed by atoms with Crippen molar-refractivity contribution in [3.63, 3.8) is 0 Å². The summed E-state index contributed by atoms with van der Waals surface area (Å²) in [5.74, 6) is -1.07. The van der Waals surface area contributed by atoms with Gasteiger partial charge >= 0.3 is 5.97 Å². The van der Waals surface area contributed by atoms with Crippen molar-refractivity contribution in [3.05, 3.63) is 28.2 Å². The number of halogens is 1. The SMILES string of the molecule is CCC(CO)(CO)Nc1ccc(Br)cc1C(=O)O. The van der Waals surface area contributed by atoms with Crippen molar-refractivity contribution in [3.8, 4) is 0 Å². The topological polar surface area (TPSA) is 89.8 Å². The molecule has 1 aromatic rings. The van der Waals surface area contributed by atoms with Gasteiger partial charge in [-0.3, -0.25) is 0 Å². The van der Waals surface area contributed by atoms with Gasteiger partial charge in [-0.2, -0.15) is 0 Å². The van der Waals surface area contributed by atoms with Gasteiger partial charge in [0.25, 0.3) is 0 Å². The Balaban J connectivity index is 3.13. The Bertz CT molecular complexity index is 424.